The van der Waals surface area contributed by atoms with E-state index in [0.717, 1.165) is 26.8 Å². The van der Waals surface area contributed by atoms with Crippen LogP contribution < -0.4 is 28.4 Å². The van der Waals surface area contributed by atoms with Crippen molar-refractivity contribution in [2.24, 2.45) is 0 Å². The molecule has 0 aliphatic carbocycles. The minimum Gasteiger partial charge on any atom is -0.492 e. The van der Waals surface area contributed by atoms with Gasteiger partial charge < -0.3 is 37.9 Å². The molecule has 2 atom stereocenters. The lowest BCUT2D eigenvalue weighted by Crippen LogP contribution is -2.21. The molecular formula is C28H28O13. The average molecular weight is 573 g/mol. The Balaban J connectivity index is 2.33. The summed E-state index contributed by atoms with van der Waals surface area (Å²) in [5.74, 6) is -5.30. The molecule has 13 heteroatoms. The van der Waals surface area contributed by atoms with E-state index in [-0.39, 0.29) is 51.2 Å². The summed E-state index contributed by atoms with van der Waals surface area (Å²) >= 11 is 0. The molecular weight excluding hydrogens is 544 g/mol. The summed E-state index contributed by atoms with van der Waals surface area (Å²) in [5, 5.41) is 0. The van der Waals surface area contributed by atoms with Gasteiger partial charge in [0.05, 0.1) is 28.4 Å². The summed E-state index contributed by atoms with van der Waals surface area (Å²) in [6.07, 6.45) is 1.28. The van der Waals surface area contributed by atoms with Crippen LogP contribution >= 0.6 is 0 Å². The number of hydrogen-bond donors (Lipinski definition) is 0. The number of hydrogen-bond acceptors (Lipinski definition) is 13. The van der Waals surface area contributed by atoms with Crippen molar-refractivity contribution in [2.45, 2.75) is 32.8 Å². The van der Waals surface area contributed by atoms with Gasteiger partial charge >= 0.3 is 29.8 Å². The zero-order valence-electron chi connectivity index (χ0n) is 23.3. The quantitative estimate of drug-likeness (QED) is 0.245. The first-order valence-corrected chi connectivity index (χ1v) is 12.0. The molecule has 0 aromatic heterocycles. The lowest BCUT2D eigenvalue weighted by molar-refractivity contribution is -0.144. The lowest BCUT2D eigenvalue weighted by atomic mass is 9.89. The standard InChI is InChI=1S/C28H28O13/c1-13(29)38-19-10-9-17(24(36-6)26(19)39-14(2)30)23-21(28(33)37-7)18-12-16(8-11-20(32)34-4)22(35-5)27(25(18)41-23)40-15(3)31/h8-12,21,23H,1-7H3/b11-8+/t21-,23+/m0/s1. The van der Waals surface area contributed by atoms with Gasteiger partial charge in [-0.3, -0.25) is 19.2 Å². The third kappa shape index (κ3) is 6.40. The van der Waals surface area contributed by atoms with Crippen molar-refractivity contribution in [2.75, 3.05) is 28.4 Å². The van der Waals surface area contributed by atoms with Gasteiger partial charge in [-0.15, -0.1) is 0 Å². The Kier molecular flexibility index (Phi) is 9.55. The Morgan fingerprint density at radius 1 is 0.732 bits per heavy atom. The molecule has 218 valence electrons. The van der Waals surface area contributed by atoms with Crippen molar-refractivity contribution in [3.05, 3.63) is 41.0 Å². The molecule has 0 bridgehead atoms. The van der Waals surface area contributed by atoms with Crippen LogP contribution in [0.25, 0.3) is 6.08 Å². The number of carbonyl (C=O) groups is 5. The fourth-order valence-electron chi connectivity index (χ4n) is 4.26. The van der Waals surface area contributed by atoms with E-state index in [2.05, 4.69) is 4.74 Å². The Morgan fingerprint density at radius 3 is 1.88 bits per heavy atom. The van der Waals surface area contributed by atoms with Crippen LogP contribution in [0.2, 0.25) is 0 Å². The second-order valence-electron chi connectivity index (χ2n) is 8.44. The topological polar surface area (TPSA) is 159 Å². The Hall–Kier alpha value is -5.07. The maximum atomic E-state index is 13.2. The zero-order valence-corrected chi connectivity index (χ0v) is 23.3. The highest BCUT2D eigenvalue weighted by Gasteiger charge is 2.46. The molecule has 0 fully saturated rings. The van der Waals surface area contributed by atoms with Crippen LogP contribution in [0.4, 0.5) is 0 Å². The SMILES string of the molecule is COC(=O)/C=C/c1cc2c(c(OC(C)=O)c1OC)O[C@H](c1ccc(OC(C)=O)c(OC(C)=O)c1OC)[C@H]2C(=O)OC. The van der Waals surface area contributed by atoms with E-state index in [1.165, 1.54) is 52.7 Å². The third-order valence-electron chi connectivity index (χ3n) is 5.75. The second kappa shape index (κ2) is 12.9. The second-order valence-corrected chi connectivity index (χ2v) is 8.44. The Bertz CT molecular complexity index is 1420. The Morgan fingerprint density at radius 2 is 1.34 bits per heavy atom. The van der Waals surface area contributed by atoms with Gasteiger partial charge in [0, 0.05) is 43.5 Å². The van der Waals surface area contributed by atoms with Crippen LogP contribution in [0.3, 0.4) is 0 Å². The van der Waals surface area contributed by atoms with Crippen molar-refractivity contribution in [1.29, 1.82) is 0 Å². The highest BCUT2D eigenvalue weighted by Crippen LogP contribution is 2.57. The summed E-state index contributed by atoms with van der Waals surface area (Å²) in [6, 6.07) is 4.31. The molecule has 1 aliphatic rings. The molecule has 1 aliphatic heterocycles. The summed E-state index contributed by atoms with van der Waals surface area (Å²) in [4.78, 5) is 60.7. The molecule has 1 heterocycles. The van der Waals surface area contributed by atoms with Gasteiger partial charge in [0.2, 0.25) is 11.5 Å². The molecule has 0 amide bonds. The van der Waals surface area contributed by atoms with Gasteiger partial charge in [-0.1, -0.05) is 0 Å². The highest BCUT2D eigenvalue weighted by atomic mass is 16.6. The van der Waals surface area contributed by atoms with Crippen molar-refractivity contribution >= 4 is 35.9 Å². The summed E-state index contributed by atoms with van der Waals surface area (Å²) in [7, 11) is 4.97. The van der Waals surface area contributed by atoms with Crippen molar-refractivity contribution in [3.8, 4) is 34.5 Å². The first-order chi connectivity index (χ1) is 19.5. The van der Waals surface area contributed by atoms with Crippen molar-refractivity contribution in [1.82, 2.24) is 0 Å². The van der Waals surface area contributed by atoms with Crippen LogP contribution in [-0.4, -0.2) is 58.3 Å². The molecule has 0 saturated heterocycles. The first-order valence-electron chi connectivity index (χ1n) is 12.0. The fraction of sp³-hybridized carbons (Fsp3) is 0.321. The van der Waals surface area contributed by atoms with Crippen LogP contribution in [0, 0.1) is 0 Å². The van der Waals surface area contributed by atoms with E-state index in [4.69, 9.17) is 33.2 Å². The van der Waals surface area contributed by atoms with Crippen LogP contribution in [0.1, 0.15) is 49.5 Å². The summed E-state index contributed by atoms with van der Waals surface area (Å²) in [6.45, 7) is 3.47. The normalized spacial score (nSPS) is 15.3. The number of methoxy groups -OCH3 is 4. The van der Waals surface area contributed by atoms with E-state index < -0.39 is 41.9 Å². The van der Waals surface area contributed by atoms with E-state index in [9.17, 15) is 24.0 Å². The molecule has 13 nitrogen and oxygen atoms in total. The van der Waals surface area contributed by atoms with E-state index in [1.54, 1.807) is 0 Å². The number of carbonyl (C=O) groups excluding carboxylic acids is 5. The Labute approximate surface area is 234 Å². The third-order valence-corrected chi connectivity index (χ3v) is 5.75. The largest absolute Gasteiger partial charge is 0.492 e. The molecule has 2 aromatic rings. The van der Waals surface area contributed by atoms with Gasteiger partial charge in [-0.25, -0.2) is 4.79 Å². The van der Waals surface area contributed by atoms with Crippen molar-refractivity contribution in [3.63, 3.8) is 0 Å². The van der Waals surface area contributed by atoms with Crippen molar-refractivity contribution < 1.29 is 61.9 Å². The van der Waals surface area contributed by atoms with Gasteiger partial charge in [0.25, 0.3) is 0 Å². The molecule has 0 saturated carbocycles. The molecule has 0 unspecified atom stereocenters. The molecule has 0 radical (unpaired) electrons. The van der Waals surface area contributed by atoms with Crippen LogP contribution in [0.15, 0.2) is 24.3 Å². The predicted molar refractivity (Wildman–Crippen MR) is 139 cm³/mol. The molecule has 0 spiro atoms. The number of rotatable bonds is 9. The van der Waals surface area contributed by atoms with Crippen LogP contribution in [0.5, 0.6) is 34.5 Å². The van der Waals surface area contributed by atoms with Crippen LogP contribution in [-0.2, 0) is 33.4 Å². The maximum Gasteiger partial charge on any atom is 0.330 e. The summed E-state index contributed by atoms with van der Waals surface area (Å²) in [5.41, 5.74) is 0.679. The fourth-order valence-corrected chi connectivity index (χ4v) is 4.26. The van der Waals surface area contributed by atoms with E-state index >= 15 is 0 Å². The lowest BCUT2D eigenvalue weighted by Gasteiger charge is -2.22. The smallest absolute Gasteiger partial charge is 0.330 e. The maximum absolute atomic E-state index is 13.2. The monoisotopic (exact) mass is 572 g/mol. The number of fused-ring (bicyclic) bond motifs is 1. The molecule has 0 N–H and O–H groups in total. The summed E-state index contributed by atoms with van der Waals surface area (Å²) < 4.78 is 42.9. The average Bonchev–Trinajstić information content (AvgIpc) is 3.30. The molecule has 41 heavy (non-hydrogen) atoms. The number of benzene rings is 2. The first kappa shape index (κ1) is 30.5. The number of esters is 5. The van der Waals surface area contributed by atoms with Gasteiger partial charge in [0.15, 0.2) is 23.0 Å². The number of ether oxygens (including phenoxy) is 8. The predicted octanol–water partition coefficient (Wildman–Crippen LogP) is 3.06. The highest BCUT2D eigenvalue weighted by molar-refractivity contribution is 5.90. The minimum atomic E-state index is -1.19. The minimum absolute atomic E-state index is 0.0205. The molecule has 2 aromatic carbocycles. The zero-order chi connectivity index (χ0) is 30.4. The van der Waals surface area contributed by atoms with Gasteiger partial charge in [-0.05, 0) is 24.3 Å². The van der Waals surface area contributed by atoms with Gasteiger partial charge in [0.1, 0.15) is 12.0 Å². The molecule has 3 rings (SSSR count). The van der Waals surface area contributed by atoms with E-state index in [1.807, 2.05) is 0 Å². The van der Waals surface area contributed by atoms with E-state index in [0.29, 0.717) is 0 Å². The van der Waals surface area contributed by atoms with Gasteiger partial charge in [-0.2, -0.15) is 0 Å².